The summed E-state index contributed by atoms with van der Waals surface area (Å²) in [4.78, 5) is 46.6. The van der Waals surface area contributed by atoms with Gasteiger partial charge in [0.1, 0.15) is 17.1 Å². The molecule has 0 aliphatic carbocycles. The van der Waals surface area contributed by atoms with Crippen LogP contribution in [0.5, 0.6) is 17.2 Å². The first kappa shape index (κ1) is 27.2. The van der Waals surface area contributed by atoms with Gasteiger partial charge in [0.15, 0.2) is 22.1 Å². The Morgan fingerprint density at radius 1 is 1.15 bits per heavy atom. The van der Waals surface area contributed by atoms with Gasteiger partial charge in [0.05, 0.1) is 44.0 Å². The normalized spacial score (nSPS) is 14.3. The summed E-state index contributed by atoms with van der Waals surface area (Å²) >= 11 is 7.14. The molecule has 2 aromatic heterocycles. The number of carbonyl (C=O) groups is 2. The molecule has 12 heteroatoms. The van der Waals surface area contributed by atoms with E-state index in [2.05, 4.69) is 11.6 Å². The quantitative estimate of drug-likeness (QED) is 0.201. The van der Waals surface area contributed by atoms with Crippen molar-refractivity contribution in [2.45, 2.75) is 13.0 Å². The van der Waals surface area contributed by atoms with Crippen LogP contribution in [0.3, 0.4) is 0 Å². The Bertz CT molecular complexity index is 1720. The van der Waals surface area contributed by atoms with Crippen LogP contribution in [0.25, 0.3) is 11.0 Å². The van der Waals surface area contributed by atoms with Gasteiger partial charge in [-0.3, -0.25) is 14.5 Å². The number of rotatable bonds is 8. The number of halogens is 1. The Hall–Kier alpha value is -4.35. The molecule has 3 heterocycles. The van der Waals surface area contributed by atoms with Gasteiger partial charge in [-0.05, 0) is 42.8 Å². The van der Waals surface area contributed by atoms with Crippen LogP contribution in [-0.4, -0.2) is 44.8 Å². The largest absolute Gasteiger partial charge is 0.493 e. The number of thiazole rings is 1. The number of methoxy groups -OCH3 is 3. The first-order valence-electron chi connectivity index (χ1n) is 11.9. The number of amides is 1. The highest BCUT2D eigenvalue weighted by Crippen LogP contribution is 2.47. The van der Waals surface area contributed by atoms with Gasteiger partial charge in [-0.25, -0.2) is 9.78 Å². The highest BCUT2D eigenvalue weighted by atomic mass is 35.5. The molecule has 2 aromatic carbocycles. The number of hydrogen-bond donors (Lipinski definition) is 0. The number of hydrogen-bond acceptors (Lipinski definition) is 10. The summed E-state index contributed by atoms with van der Waals surface area (Å²) in [6.45, 7) is 5.20. The first-order chi connectivity index (χ1) is 19.2. The number of carbonyl (C=O) groups excluding carboxylic acids is 2. The van der Waals surface area contributed by atoms with Gasteiger partial charge in [0.2, 0.25) is 11.5 Å². The second-order valence-corrected chi connectivity index (χ2v) is 10.1. The Kier molecular flexibility index (Phi) is 7.26. The molecule has 1 atom stereocenters. The summed E-state index contributed by atoms with van der Waals surface area (Å²) in [5.41, 5.74) is 0.664. The number of anilines is 1. The van der Waals surface area contributed by atoms with Crippen LogP contribution < -0.4 is 24.5 Å². The summed E-state index contributed by atoms with van der Waals surface area (Å²) in [6, 6.07) is 6.86. The number of nitrogens with zero attached hydrogens (tertiary/aromatic N) is 2. The second-order valence-electron chi connectivity index (χ2n) is 8.65. The predicted molar refractivity (Wildman–Crippen MR) is 150 cm³/mol. The third-order valence-electron chi connectivity index (χ3n) is 6.34. The lowest BCUT2D eigenvalue weighted by molar-refractivity contribution is 0.0554. The summed E-state index contributed by atoms with van der Waals surface area (Å²) in [6.07, 6.45) is 1.45. The maximum absolute atomic E-state index is 14.0. The zero-order valence-electron chi connectivity index (χ0n) is 21.9. The molecule has 0 radical (unpaired) electrons. The molecule has 1 amide bonds. The lowest BCUT2D eigenvalue weighted by atomic mass is 9.98. The SMILES string of the molecule is C=CCOC(=O)c1sc(N2C(=O)c3oc4ccc(Cl)cc4c(=O)c3C2c2cc(OC)c(OC)c(OC)c2)nc1C. The van der Waals surface area contributed by atoms with E-state index in [1.165, 1.54) is 44.4 Å². The molecular formula is C28H23ClN2O8S. The maximum atomic E-state index is 14.0. The van der Waals surface area contributed by atoms with Crippen molar-refractivity contribution in [3.63, 3.8) is 0 Å². The number of aromatic nitrogens is 1. The van der Waals surface area contributed by atoms with E-state index in [0.29, 0.717) is 33.5 Å². The molecule has 0 spiro atoms. The number of ether oxygens (including phenoxy) is 4. The maximum Gasteiger partial charge on any atom is 0.350 e. The van der Waals surface area contributed by atoms with Crippen LogP contribution in [0.4, 0.5) is 5.13 Å². The number of benzene rings is 2. The smallest absolute Gasteiger partial charge is 0.350 e. The van der Waals surface area contributed by atoms with Crippen molar-refractivity contribution in [1.82, 2.24) is 4.98 Å². The van der Waals surface area contributed by atoms with Crippen LogP contribution >= 0.6 is 22.9 Å². The van der Waals surface area contributed by atoms with E-state index in [0.717, 1.165) is 11.3 Å². The molecule has 0 saturated carbocycles. The van der Waals surface area contributed by atoms with E-state index in [1.54, 1.807) is 25.1 Å². The average Bonchev–Trinajstić information content (AvgIpc) is 3.48. The minimum Gasteiger partial charge on any atom is -0.493 e. The Morgan fingerprint density at radius 2 is 1.85 bits per heavy atom. The van der Waals surface area contributed by atoms with E-state index in [4.69, 9.17) is 35.0 Å². The zero-order chi connectivity index (χ0) is 28.7. The topological polar surface area (TPSA) is 117 Å². The summed E-state index contributed by atoms with van der Waals surface area (Å²) in [5.74, 6) is -0.404. The highest BCUT2D eigenvalue weighted by Gasteiger charge is 2.46. The van der Waals surface area contributed by atoms with Gasteiger partial charge in [0, 0.05) is 5.02 Å². The molecule has 10 nitrogen and oxygen atoms in total. The van der Waals surface area contributed by atoms with Gasteiger partial charge in [0.25, 0.3) is 5.91 Å². The molecule has 1 aliphatic rings. The van der Waals surface area contributed by atoms with Gasteiger partial charge >= 0.3 is 5.97 Å². The van der Waals surface area contributed by atoms with E-state index in [-0.39, 0.29) is 38.9 Å². The second kappa shape index (κ2) is 10.7. The van der Waals surface area contributed by atoms with Gasteiger partial charge in [-0.1, -0.05) is 35.6 Å². The van der Waals surface area contributed by atoms with Gasteiger partial charge in [-0.2, -0.15) is 0 Å². The Morgan fingerprint density at radius 3 is 2.48 bits per heavy atom. The van der Waals surface area contributed by atoms with E-state index >= 15 is 0 Å². The minimum atomic E-state index is -1.02. The molecule has 4 aromatic rings. The Balaban J connectivity index is 1.78. The molecule has 206 valence electrons. The zero-order valence-corrected chi connectivity index (χ0v) is 23.5. The van der Waals surface area contributed by atoms with Gasteiger partial charge in [-0.15, -0.1) is 0 Å². The van der Waals surface area contributed by atoms with E-state index < -0.39 is 23.3 Å². The molecule has 1 aliphatic heterocycles. The Labute approximate surface area is 237 Å². The summed E-state index contributed by atoms with van der Waals surface area (Å²) in [7, 11) is 4.39. The lowest BCUT2D eigenvalue weighted by Gasteiger charge is -2.24. The first-order valence-corrected chi connectivity index (χ1v) is 13.1. The monoisotopic (exact) mass is 582 g/mol. The molecule has 1 unspecified atom stereocenters. The summed E-state index contributed by atoms with van der Waals surface area (Å²) in [5, 5.41) is 0.713. The fourth-order valence-electron chi connectivity index (χ4n) is 4.59. The fourth-order valence-corrected chi connectivity index (χ4v) is 5.75. The average molecular weight is 583 g/mol. The fraction of sp³-hybridized carbons (Fsp3) is 0.214. The van der Waals surface area contributed by atoms with Crippen molar-refractivity contribution < 1.29 is 33.0 Å². The number of aryl methyl sites for hydroxylation is 1. The van der Waals surface area contributed by atoms with E-state index in [9.17, 15) is 14.4 Å². The van der Waals surface area contributed by atoms with E-state index in [1.807, 2.05) is 0 Å². The molecule has 0 N–H and O–H groups in total. The standard InChI is InChI=1S/C28H23ClN2O8S/c1-6-9-38-27(34)25-13(2)30-28(40-25)31-21(14-10-18(35-3)23(37-5)19(11-14)36-4)20-22(32)16-12-15(29)7-8-17(16)39-24(20)26(31)33/h6-8,10-12,21H,1,9H2,2-5H3. The van der Waals surface area contributed by atoms with Crippen molar-refractivity contribution >= 4 is 50.9 Å². The molecule has 0 saturated heterocycles. The number of esters is 1. The molecular weight excluding hydrogens is 560 g/mol. The third kappa shape index (κ3) is 4.37. The van der Waals surface area contributed by atoms with Crippen molar-refractivity contribution in [2.75, 3.05) is 32.8 Å². The number of fused-ring (bicyclic) bond motifs is 2. The minimum absolute atomic E-state index is 0.0151. The predicted octanol–water partition coefficient (Wildman–Crippen LogP) is 5.33. The van der Waals surface area contributed by atoms with Crippen molar-refractivity contribution in [3.8, 4) is 17.2 Å². The van der Waals surface area contributed by atoms with Gasteiger partial charge < -0.3 is 23.4 Å². The van der Waals surface area contributed by atoms with Crippen molar-refractivity contribution in [3.05, 3.63) is 85.7 Å². The van der Waals surface area contributed by atoms with Crippen molar-refractivity contribution in [2.24, 2.45) is 0 Å². The molecule has 5 rings (SSSR count). The third-order valence-corrected chi connectivity index (χ3v) is 7.72. The van der Waals surface area contributed by atoms with Crippen LogP contribution in [0, 0.1) is 6.92 Å². The molecule has 40 heavy (non-hydrogen) atoms. The summed E-state index contributed by atoms with van der Waals surface area (Å²) < 4.78 is 27.7. The molecule has 0 bridgehead atoms. The molecule has 0 fully saturated rings. The van der Waals surface area contributed by atoms with Crippen molar-refractivity contribution in [1.29, 1.82) is 0 Å². The van der Waals surface area contributed by atoms with Crippen LogP contribution in [0.15, 0.2) is 52.2 Å². The van der Waals surface area contributed by atoms with Crippen LogP contribution in [-0.2, 0) is 4.74 Å². The van der Waals surface area contributed by atoms with Crippen LogP contribution in [0.1, 0.15) is 43.1 Å². The van der Waals surface area contributed by atoms with Crippen LogP contribution in [0.2, 0.25) is 5.02 Å². The lowest BCUT2D eigenvalue weighted by Crippen LogP contribution is -2.29. The highest BCUT2D eigenvalue weighted by molar-refractivity contribution is 7.17.